The molecular weight excluding hydrogens is 184 g/mol. The summed E-state index contributed by atoms with van der Waals surface area (Å²) in [5.41, 5.74) is 0. The van der Waals surface area contributed by atoms with Gasteiger partial charge in [-0.1, -0.05) is 20.3 Å². The van der Waals surface area contributed by atoms with Gasteiger partial charge in [-0.25, -0.2) is 0 Å². The van der Waals surface area contributed by atoms with E-state index in [9.17, 15) is 0 Å². The van der Waals surface area contributed by atoms with E-state index >= 15 is 0 Å². The van der Waals surface area contributed by atoms with Crippen molar-refractivity contribution >= 4 is 0 Å². The van der Waals surface area contributed by atoms with Gasteiger partial charge in [0.05, 0.1) is 0 Å². The zero-order valence-electron chi connectivity index (χ0n) is 10.7. The summed E-state index contributed by atoms with van der Waals surface area (Å²) in [6, 6.07) is 0. The van der Waals surface area contributed by atoms with Crippen LogP contribution in [0.25, 0.3) is 0 Å². The molecule has 0 aromatic rings. The molecule has 0 amide bonds. The first-order chi connectivity index (χ1) is 7.36. The van der Waals surface area contributed by atoms with Crippen LogP contribution in [0.15, 0.2) is 0 Å². The third kappa shape index (κ3) is 5.53. The molecule has 15 heavy (non-hydrogen) atoms. The van der Waals surface area contributed by atoms with Crippen molar-refractivity contribution in [3.05, 3.63) is 0 Å². The molecule has 2 fully saturated rings. The van der Waals surface area contributed by atoms with Crippen molar-refractivity contribution < 1.29 is 0 Å². The molecule has 0 saturated carbocycles. The van der Waals surface area contributed by atoms with Crippen LogP contribution in [0.3, 0.4) is 0 Å². The first-order valence-electron chi connectivity index (χ1n) is 6.81. The minimum absolute atomic E-state index is 1.25. The summed E-state index contributed by atoms with van der Waals surface area (Å²) in [4.78, 5) is 5.00. The van der Waals surface area contributed by atoms with Crippen LogP contribution >= 0.6 is 0 Å². The Hall–Kier alpha value is -0.0800. The molecule has 2 saturated heterocycles. The Morgan fingerprint density at radius 2 is 0.933 bits per heavy atom. The van der Waals surface area contributed by atoms with Crippen molar-refractivity contribution in [1.29, 1.82) is 0 Å². The largest absolute Gasteiger partial charge is 0.304 e. The van der Waals surface area contributed by atoms with Gasteiger partial charge in [0.2, 0.25) is 0 Å². The normalized spacial score (nSPS) is 23.6. The van der Waals surface area contributed by atoms with Crippen molar-refractivity contribution in [2.75, 3.05) is 39.3 Å². The number of likely N-dealkylation sites (tertiary alicyclic amines) is 2. The molecule has 2 rings (SSSR count). The average molecular weight is 212 g/mol. The summed E-state index contributed by atoms with van der Waals surface area (Å²) >= 11 is 0. The van der Waals surface area contributed by atoms with E-state index in [0.29, 0.717) is 0 Å². The first-order valence-corrected chi connectivity index (χ1v) is 6.81. The maximum absolute atomic E-state index is 2.52. The molecule has 2 heteroatoms. The van der Waals surface area contributed by atoms with Crippen LogP contribution in [0.5, 0.6) is 0 Å². The van der Waals surface area contributed by atoms with Gasteiger partial charge in [0.25, 0.3) is 0 Å². The number of rotatable bonds is 2. The Morgan fingerprint density at radius 3 is 1.20 bits per heavy atom. The van der Waals surface area contributed by atoms with Crippen LogP contribution in [0.1, 0.15) is 46.0 Å². The maximum atomic E-state index is 2.52. The Labute approximate surface area is 95.6 Å². The Kier molecular flexibility index (Phi) is 7.03. The molecule has 0 aromatic heterocycles. The molecule has 2 heterocycles. The van der Waals surface area contributed by atoms with Crippen molar-refractivity contribution in [2.24, 2.45) is 0 Å². The Bertz CT molecular complexity index is 135. The Morgan fingerprint density at radius 1 is 0.600 bits per heavy atom. The number of hydrogen-bond acceptors (Lipinski definition) is 2. The van der Waals surface area contributed by atoms with Crippen LogP contribution in [0.2, 0.25) is 0 Å². The fraction of sp³-hybridized carbons (Fsp3) is 1.00. The Balaban J connectivity index is 0.000000151. The smallest absolute Gasteiger partial charge is 0.00184 e. The van der Waals surface area contributed by atoms with E-state index in [0.717, 1.165) is 0 Å². The van der Waals surface area contributed by atoms with Crippen molar-refractivity contribution in [1.82, 2.24) is 9.80 Å². The van der Waals surface area contributed by atoms with Gasteiger partial charge < -0.3 is 9.80 Å². The van der Waals surface area contributed by atoms with Crippen LogP contribution in [-0.2, 0) is 0 Å². The van der Waals surface area contributed by atoms with Crippen LogP contribution < -0.4 is 0 Å². The summed E-state index contributed by atoms with van der Waals surface area (Å²) in [7, 11) is 0. The van der Waals surface area contributed by atoms with Gasteiger partial charge in [0.15, 0.2) is 0 Å². The van der Waals surface area contributed by atoms with Gasteiger partial charge in [0.1, 0.15) is 0 Å². The molecule has 0 unspecified atom stereocenters. The van der Waals surface area contributed by atoms with Gasteiger partial charge in [-0.05, 0) is 65.0 Å². The SMILES string of the molecule is CCN1CCCC1.CCN1CCCCC1. The van der Waals surface area contributed by atoms with Gasteiger partial charge >= 0.3 is 0 Å². The average Bonchev–Trinajstić information content (AvgIpc) is 2.84. The van der Waals surface area contributed by atoms with E-state index < -0.39 is 0 Å². The molecule has 90 valence electrons. The third-order valence-electron chi connectivity index (χ3n) is 3.54. The van der Waals surface area contributed by atoms with Gasteiger partial charge in [-0.15, -0.1) is 0 Å². The van der Waals surface area contributed by atoms with Crippen LogP contribution in [0.4, 0.5) is 0 Å². The second-order valence-electron chi connectivity index (χ2n) is 4.64. The summed E-state index contributed by atoms with van der Waals surface area (Å²) in [5.74, 6) is 0. The lowest BCUT2D eigenvalue weighted by atomic mass is 10.1. The van der Waals surface area contributed by atoms with Gasteiger partial charge in [0, 0.05) is 0 Å². The quantitative estimate of drug-likeness (QED) is 0.694. The second-order valence-corrected chi connectivity index (χ2v) is 4.64. The molecule has 2 aliphatic rings. The lowest BCUT2D eigenvalue weighted by Gasteiger charge is -2.24. The predicted molar refractivity (Wildman–Crippen MR) is 67.3 cm³/mol. The predicted octanol–water partition coefficient (Wildman–Crippen LogP) is 2.59. The summed E-state index contributed by atoms with van der Waals surface area (Å²) in [5, 5.41) is 0. The number of hydrogen-bond donors (Lipinski definition) is 0. The fourth-order valence-corrected chi connectivity index (χ4v) is 2.37. The van der Waals surface area contributed by atoms with Gasteiger partial charge in [-0.2, -0.15) is 0 Å². The minimum Gasteiger partial charge on any atom is -0.304 e. The molecule has 0 N–H and O–H groups in total. The molecule has 0 aromatic carbocycles. The van der Waals surface area contributed by atoms with E-state index in [-0.39, 0.29) is 0 Å². The first kappa shape index (κ1) is 13.0. The van der Waals surface area contributed by atoms with Gasteiger partial charge in [-0.3, -0.25) is 0 Å². The molecular formula is C13H28N2. The van der Waals surface area contributed by atoms with Crippen LogP contribution in [-0.4, -0.2) is 49.1 Å². The topological polar surface area (TPSA) is 6.48 Å². The molecule has 0 bridgehead atoms. The van der Waals surface area contributed by atoms with E-state index in [2.05, 4.69) is 23.6 Å². The standard InChI is InChI=1S/C7H15N.C6H13N/c1-2-8-6-4-3-5-7-8;1-2-7-5-3-4-6-7/h2-7H2,1H3;2-6H2,1H3. The number of piperidine rings is 1. The molecule has 2 aliphatic heterocycles. The zero-order chi connectivity index (χ0) is 10.9. The lowest BCUT2D eigenvalue weighted by Crippen LogP contribution is -2.29. The fourth-order valence-electron chi connectivity index (χ4n) is 2.37. The maximum Gasteiger partial charge on any atom is -0.00184 e. The van der Waals surface area contributed by atoms with Crippen molar-refractivity contribution in [3.8, 4) is 0 Å². The summed E-state index contributed by atoms with van der Waals surface area (Å²) in [6.07, 6.45) is 7.15. The van der Waals surface area contributed by atoms with E-state index in [1.165, 1.54) is 71.4 Å². The molecule has 2 nitrogen and oxygen atoms in total. The number of nitrogens with zero attached hydrogens (tertiary/aromatic N) is 2. The third-order valence-corrected chi connectivity index (χ3v) is 3.54. The summed E-state index contributed by atoms with van der Waals surface area (Å²) in [6.45, 7) is 12.3. The van der Waals surface area contributed by atoms with E-state index in [4.69, 9.17) is 0 Å². The monoisotopic (exact) mass is 212 g/mol. The van der Waals surface area contributed by atoms with Crippen molar-refractivity contribution in [3.63, 3.8) is 0 Å². The highest BCUT2D eigenvalue weighted by Gasteiger charge is 2.07. The molecule has 0 radical (unpaired) electrons. The highest BCUT2D eigenvalue weighted by atomic mass is 15.1. The summed E-state index contributed by atoms with van der Waals surface area (Å²) < 4.78 is 0. The molecule has 0 atom stereocenters. The van der Waals surface area contributed by atoms with Crippen LogP contribution in [0, 0.1) is 0 Å². The lowest BCUT2D eigenvalue weighted by molar-refractivity contribution is 0.240. The molecule has 0 aliphatic carbocycles. The van der Waals surface area contributed by atoms with E-state index in [1.54, 1.807) is 0 Å². The highest BCUT2D eigenvalue weighted by Crippen LogP contribution is 2.06. The zero-order valence-corrected chi connectivity index (χ0v) is 10.7. The van der Waals surface area contributed by atoms with E-state index in [1.807, 2.05) is 0 Å². The molecule has 0 spiro atoms. The second kappa shape index (κ2) is 8.12. The van der Waals surface area contributed by atoms with Crippen molar-refractivity contribution in [2.45, 2.75) is 46.0 Å². The minimum atomic E-state index is 1.25. The highest BCUT2D eigenvalue weighted by molar-refractivity contribution is 4.63.